The lowest BCUT2D eigenvalue weighted by molar-refractivity contribution is 0.0906. The number of benzene rings is 2. The number of aromatic nitrogens is 5. The minimum Gasteiger partial charge on any atom is -0.454 e. The average Bonchev–Trinajstić information content (AvgIpc) is 3.73. The number of H-pyrrole nitrogens is 1. The van der Waals surface area contributed by atoms with Gasteiger partial charge in [0, 0.05) is 55.5 Å². The summed E-state index contributed by atoms with van der Waals surface area (Å²) in [5, 5.41) is 13.7. The molecular weight excluding hydrogens is 510 g/mol. The molecular formula is C29H33N7O4. The molecule has 0 aliphatic carbocycles. The molecule has 0 bridgehead atoms. The van der Waals surface area contributed by atoms with Crippen LogP contribution in [-0.2, 0) is 11.3 Å². The number of aryl methyl sites for hydroxylation is 2. The number of nitrogens with zero attached hydrogens (tertiary/aromatic N) is 6. The second kappa shape index (κ2) is 10.2. The van der Waals surface area contributed by atoms with Gasteiger partial charge >= 0.3 is 0 Å². The van der Waals surface area contributed by atoms with Crippen LogP contribution in [0.15, 0.2) is 41.2 Å². The predicted molar refractivity (Wildman–Crippen MR) is 149 cm³/mol. The van der Waals surface area contributed by atoms with Crippen LogP contribution < -0.4 is 19.9 Å². The van der Waals surface area contributed by atoms with E-state index in [-0.39, 0.29) is 18.5 Å². The first-order chi connectivity index (χ1) is 19.5. The number of piperazine rings is 1. The Kier molecular flexibility index (Phi) is 6.39. The molecule has 2 aromatic carbocycles. The zero-order valence-corrected chi connectivity index (χ0v) is 22.8. The van der Waals surface area contributed by atoms with Crippen molar-refractivity contribution in [3.05, 3.63) is 69.3 Å². The molecule has 3 aliphatic heterocycles. The second-order valence-corrected chi connectivity index (χ2v) is 10.9. The molecule has 0 spiro atoms. The Balaban J connectivity index is 1.26. The Labute approximate surface area is 231 Å². The van der Waals surface area contributed by atoms with E-state index in [9.17, 15) is 4.79 Å². The van der Waals surface area contributed by atoms with E-state index >= 15 is 0 Å². The number of nitrogens with one attached hydrogen (secondary N) is 1. The first-order valence-electron chi connectivity index (χ1n) is 13.9. The molecule has 0 saturated carbocycles. The lowest BCUT2D eigenvalue weighted by Crippen LogP contribution is -2.49. The van der Waals surface area contributed by atoms with Crippen molar-refractivity contribution in [1.82, 2.24) is 30.1 Å². The van der Waals surface area contributed by atoms with Crippen LogP contribution >= 0.6 is 0 Å². The van der Waals surface area contributed by atoms with Crippen molar-refractivity contribution >= 4 is 16.6 Å². The van der Waals surface area contributed by atoms with Crippen molar-refractivity contribution in [2.24, 2.45) is 0 Å². The van der Waals surface area contributed by atoms with Crippen LogP contribution in [0, 0.1) is 13.8 Å². The zero-order valence-electron chi connectivity index (χ0n) is 22.8. The van der Waals surface area contributed by atoms with E-state index in [4.69, 9.17) is 14.2 Å². The van der Waals surface area contributed by atoms with Gasteiger partial charge in [-0.1, -0.05) is 12.1 Å². The normalized spacial score (nSPS) is 19.9. The highest BCUT2D eigenvalue weighted by Crippen LogP contribution is 2.37. The van der Waals surface area contributed by atoms with Crippen LogP contribution in [0.5, 0.6) is 11.5 Å². The summed E-state index contributed by atoms with van der Waals surface area (Å²) in [5.41, 5.74) is 4.92. The van der Waals surface area contributed by atoms with Crippen LogP contribution in [0.1, 0.15) is 41.4 Å². The molecule has 2 saturated heterocycles. The van der Waals surface area contributed by atoms with Gasteiger partial charge in [-0.05, 0) is 66.4 Å². The summed E-state index contributed by atoms with van der Waals surface area (Å²) >= 11 is 0. The van der Waals surface area contributed by atoms with Crippen molar-refractivity contribution < 1.29 is 14.2 Å². The first kappa shape index (κ1) is 25.0. The van der Waals surface area contributed by atoms with E-state index in [2.05, 4.69) is 62.4 Å². The van der Waals surface area contributed by atoms with Gasteiger partial charge < -0.3 is 24.1 Å². The standard InChI is InChI=1S/C29H33N7O4/c1-18-5-6-19(2)24(12-18)34-7-9-35(10-8-34)27(28-31-32-33-36(28)16-21-4-3-11-38-21)22-13-20-14-25-26(40-17-39-25)15-23(20)30-29(22)37/h5-6,12-15,21,27H,3-4,7-11,16-17H2,1-2H3,(H,30,37)/t21-,27+/m1/s1. The summed E-state index contributed by atoms with van der Waals surface area (Å²) in [6.07, 6.45) is 2.08. The van der Waals surface area contributed by atoms with E-state index in [0.717, 1.165) is 51.0 Å². The summed E-state index contributed by atoms with van der Waals surface area (Å²) in [6.45, 7) is 8.94. The second-order valence-electron chi connectivity index (χ2n) is 10.9. The van der Waals surface area contributed by atoms with Crippen LogP contribution in [0.2, 0.25) is 0 Å². The van der Waals surface area contributed by atoms with Crippen LogP contribution in [0.4, 0.5) is 5.69 Å². The predicted octanol–water partition coefficient (Wildman–Crippen LogP) is 2.95. The lowest BCUT2D eigenvalue weighted by atomic mass is 10.0. The van der Waals surface area contributed by atoms with Crippen molar-refractivity contribution in [2.45, 2.75) is 45.4 Å². The Morgan fingerprint density at radius 1 is 1.05 bits per heavy atom. The molecule has 2 atom stereocenters. The lowest BCUT2D eigenvalue weighted by Gasteiger charge is -2.40. The fraction of sp³-hybridized carbons (Fsp3) is 0.448. The number of ether oxygens (including phenoxy) is 3. The van der Waals surface area contributed by atoms with Crippen molar-refractivity contribution in [2.75, 3.05) is 44.5 Å². The van der Waals surface area contributed by atoms with Gasteiger partial charge in [0.05, 0.1) is 18.2 Å². The topological polar surface area (TPSA) is 111 Å². The summed E-state index contributed by atoms with van der Waals surface area (Å²) < 4.78 is 18.8. The maximum absolute atomic E-state index is 13.7. The molecule has 2 aromatic heterocycles. The van der Waals surface area contributed by atoms with E-state index in [1.54, 1.807) is 0 Å². The molecule has 4 aromatic rings. The fourth-order valence-corrected chi connectivity index (χ4v) is 6.11. The van der Waals surface area contributed by atoms with Gasteiger partial charge in [-0.3, -0.25) is 9.69 Å². The van der Waals surface area contributed by atoms with Crippen LogP contribution in [0.3, 0.4) is 0 Å². The van der Waals surface area contributed by atoms with E-state index < -0.39 is 6.04 Å². The summed E-state index contributed by atoms with van der Waals surface area (Å²) in [5.74, 6) is 1.96. The number of rotatable bonds is 6. The average molecular weight is 544 g/mol. The fourth-order valence-electron chi connectivity index (χ4n) is 6.11. The molecule has 7 rings (SSSR count). The molecule has 0 amide bonds. The summed E-state index contributed by atoms with van der Waals surface area (Å²) in [4.78, 5) is 21.5. The maximum Gasteiger partial charge on any atom is 0.253 e. The van der Waals surface area contributed by atoms with Gasteiger partial charge in [0.1, 0.15) is 6.04 Å². The van der Waals surface area contributed by atoms with Gasteiger partial charge in [-0.2, -0.15) is 0 Å². The number of fused-ring (bicyclic) bond motifs is 2. The van der Waals surface area contributed by atoms with E-state index in [0.29, 0.717) is 34.9 Å². The maximum atomic E-state index is 13.7. The quantitative estimate of drug-likeness (QED) is 0.392. The van der Waals surface area contributed by atoms with Crippen molar-refractivity contribution in [3.63, 3.8) is 0 Å². The van der Waals surface area contributed by atoms with Crippen LogP contribution in [-0.4, -0.2) is 75.8 Å². The smallest absolute Gasteiger partial charge is 0.253 e. The molecule has 2 fully saturated rings. The minimum atomic E-state index is -0.421. The molecule has 11 nitrogen and oxygen atoms in total. The molecule has 5 heterocycles. The SMILES string of the molecule is Cc1ccc(C)c(N2CCN([C@@H](c3cc4cc5c(cc4[nH]c3=O)OCO5)c3nnnn3C[C@H]3CCCO3)CC2)c1. The molecule has 208 valence electrons. The Bertz CT molecular complexity index is 1600. The number of hydrogen-bond donors (Lipinski definition) is 1. The zero-order chi connectivity index (χ0) is 27.2. The van der Waals surface area contributed by atoms with Gasteiger partial charge in [0.25, 0.3) is 5.56 Å². The van der Waals surface area contributed by atoms with Gasteiger partial charge in [-0.25, -0.2) is 4.68 Å². The number of hydrogen-bond acceptors (Lipinski definition) is 9. The monoisotopic (exact) mass is 543 g/mol. The Morgan fingerprint density at radius 3 is 2.67 bits per heavy atom. The third-order valence-electron chi connectivity index (χ3n) is 8.25. The van der Waals surface area contributed by atoms with E-state index in [1.165, 1.54) is 16.8 Å². The molecule has 0 radical (unpaired) electrons. The highest BCUT2D eigenvalue weighted by Gasteiger charge is 2.34. The first-order valence-corrected chi connectivity index (χ1v) is 13.9. The van der Waals surface area contributed by atoms with Gasteiger partial charge in [-0.15, -0.1) is 5.10 Å². The third-order valence-corrected chi connectivity index (χ3v) is 8.25. The third kappa shape index (κ3) is 4.58. The molecule has 11 heteroatoms. The van der Waals surface area contributed by atoms with Gasteiger partial charge in [0.15, 0.2) is 17.3 Å². The largest absolute Gasteiger partial charge is 0.454 e. The minimum absolute atomic E-state index is 0.0682. The molecule has 1 N–H and O–H groups in total. The molecule has 0 unspecified atom stereocenters. The summed E-state index contributed by atoms with van der Waals surface area (Å²) in [7, 11) is 0. The summed E-state index contributed by atoms with van der Waals surface area (Å²) in [6, 6.07) is 11.9. The highest BCUT2D eigenvalue weighted by molar-refractivity contribution is 5.83. The van der Waals surface area contributed by atoms with Crippen molar-refractivity contribution in [1.29, 1.82) is 0 Å². The van der Waals surface area contributed by atoms with Gasteiger partial charge in [0.2, 0.25) is 6.79 Å². The number of tetrazole rings is 1. The highest BCUT2D eigenvalue weighted by atomic mass is 16.7. The van der Waals surface area contributed by atoms with Crippen LogP contribution in [0.25, 0.3) is 10.9 Å². The number of aromatic amines is 1. The number of anilines is 1. The molecule has 3 aliphatic rings. The molecule has 40 heavy (non-hydrogen) atoms. The Hall–Kier alpha value is -3.96. The van der Waals surface area contributed by atoms with E-state index in [1.807, 2.05) is 22.9 Å². The Morgan fingerprint density at radius 2 is 1.88 bits per heavy atom. The number of pyridine rings is 1. The van der Waals surface area contributed by atoms with Crippen molar-refractivity contribution in [3.8, 4) is 11.5 Å².